The summed E-state index contributed by atoms with van der Waals surface area (Å²) in [7, 11) is 1.65. The Hall–Kier alpha value is -3.19. The number of hydrogen-bond acceptors (Lipinski definition) is 5. The highest BCUT2D eigenvalue weighted by Gasteiger charge is 2.34. The van der Waals surface area contributed by atoms with Crippen molar-refractivity contribution in [2.24, 2.45) is 0 Å². The molecule has 2 aromatic carbocycles. The van der Waals surface area contributed by atoms with Gasteiger partial charge in [-0.3, -0.25) is 0 Å². The van der Waals surface area contributed by atoms with Gasteiger partial charge in [-0.15, -0.1) is 0 Å². The van der Waals surface area contributed by atoms with Gasteiger partial charge in [-0.25, -0.2) is 0 Å². The van der Waals surface area contributed by atoms with Gasteiger partial charge in [-0.1, -0.05) is 43.1 Å². The van der Waals surface area contributed by atoms with Gasteiger partial charge < -0.3 is 19.5 Å². The van der Waals surface area contributed by atoms with E-state index < -0.39 is 0 Å². The van der Waals surface area contributed by atoms with Crippen LogP contribution in [-0.4, -0.2) is 33.8 Å². The summed E-state index contributed by atoms with van der Waals surface area (Å²) in [6.45, 7) is 9.40. The van der Waals surface area contributed by atoms with Gasteiger partial charge in [0.2, 0.25) is 5.82 Å². The molecule has 1 aromatic heterocycles. The molecule has 0 fully saturated rings. The molecule has 7 heteroatoms. The van der Waals surface area contributed by atoms with Gasteiger partial charge in [0.05, 0.1) is 18.7 Å². The van der Waals surface area contributed by atoms with Crippen LogP contribution in [0.4, 0.5) is 0 Å². The van der Waals surface area contributed by atoms with Gasteiger partial charge in [0.15, 0.2) is 5.11 Å². The Labute approximate surface area is 207 Å². The van der Waals surface area contributed by atoms with E-state index in [0.717, 1.165) is 59.1 Å². The molecule has 1 atom stereocenters. The van der Waals surface area contributed by atoms with Gasteiger partial charge in [0.1, 0.15) is 5.75 Å². The maximum Gasteiger partial charge on any atom is 0.258 e. The second-order valence-electron chi connectivity index (χ2n) is 8.74. The van der Waals surface area contributed by atoms with Crippen molar-refractivity contribution in [3.05, 3.63) is 70.7 Å². The summed E-state index contributed by atoms with van der Waals surface area (Å²) < 4.78 is 11.1. The molecule has 0 spiro atoms. The number of aromatic nitrogens is 2. The average molecular weight is 477 g/mol. The first-order valence-electron chi connectivity index (χ1n) is 11.8. The zero-order valence-corrected chi connectivity index (χ0v) is 21.3. The van der Waals surface area contributed by atoms with Gasteiger partial charge in [0, 0.05) is 17.8 Å². The molecule has 0 radical (unpaired) electrons. The normalized spacial score (nSPS) is 16.1. The minimum absolute atomic E-state index is 0.168. The number of unbranched alkanes of at least 4 members (excludes halogenated alkanes) is 2. The quantitative estimate of drug-likeness (QED) is 0.306. The maximum atomic E-state index is 5.84. The Bertz CT molecular complexity index is 1200. The van der Waals surface area contributed by atoms with Crippen LogP contribution in [0.2, 0.25) is 0 Å². The van der Waals surface area contributed by atoms with Gasteiger partial charge in [0.25, 0.3) is 5.89 Å². The van der Waals surface area contributed by atoms with Crippen molar-refractivity contribution < 1.29 is 9.26 Å². The standard InChI is InChI=1S/C27H32N4O2S/c1-6-7-8-15-31-19(4)23(24(28-27(31)34)21-10-9-17(2)18(3)16-21)26-29-25(30-33-26)20-11-13-22(32-5)14-12-20/h9-14,16,24H,6-8,15H2,1-5H3,(H,28,34). The molecule has 4 rings (SSSR count). The molecule has 0 saturated heterocycles. The van der Waals surface area contributed by atoms with Crippen LogP contribution >= 0.6 is 12.2 Å². The van der Waals surface area contributed by atoms with Crippen LogP contribution in [0.5, 0.6) is 5.75 Å². The van der Waals surface area contributed by atoms with E-state index in [0.29, 0.717) is 11.7 Å². The third-order valence-corrected chi connectivity index (χ3v) is 6.79. The molecular formula is C27H32N4O2S. The summed E-state index contributed by atoms with van der Waals surface area (Å²) >= 11 is 5.80. The smallest absolute Gasteiger partial charge is 0.258 e. The number of methoxy groups -OCH3 is 1. The van der Waals surface area contributed by atoms with Crippen molar-refractivity contribution in [1.82, 2.24) is 20.4 Å². The second kappa shape index (κ2) is 10.4. The Balaban J connectivity index is 1.76. The van der Waals surface area contributed by atoms with E-state index in [-0.39, 0.29) is 6.04 Å². The van der Waals surface area contributed by atoms with Crippen molar-refractivity contribution in [2.75, 3.05) is 13.7 Å². The summed E-state index contributed by atoms with van der Waals surface area (Å²) in [5.41, 5.74) is 6.49. The number of thiocarbonyl (C=S) groups is 1. The van der Waals surface area contributed by atoms with Crippen LogP contribution in [-0.2, 0) is 0 Å². The third kappa shape index (κ3) is 4.85. The summed E-state index contributed by atoms with van der Waals surface area (Å²) in [5, 5.41) is 8.58. The number of hydrogen-bond donors (Lipinski definition) is 1. The van der Waals surface area contributed by atoms with E-state index in [4.69, 9.17) is 26.5 Å². The molecule has 3 aromatic rings. The van der Waals surface area contributed by atoms with Crippen LogP contribution in [0.3, 0.4) is 0 Å². The summed E-state index contributed by atoms with van der Waals surface area (Å²) in [6.07, 6.45) is 3.38. The molecule has 0 amide bonds. The monoisotopic (exact) mass is 476 g/mol. The number of benzene rings is 2. The van der Waals surface area contributed by atoms with Crippen molar-refractivity contribution in [1.29, 1.82) is 0 Å². The zero-order chi connectivity index (χ0) is 24.2. The molecule has 1 N–H and O–H groups in total. The van der Waals surface area contributed by atoms with Crippen LogP contribution in [0.15, 0.2) is 52.7 Å². The molecule has 6 nitrogen and oxygen atoms in total. The van der Waals surface area contributed by atoms with Crippen LogP contribution in [0, 0.1) is 13.8 Å². The lowest BCUT2D eigenvalue weighted by Gasteiger charge is -2.37. The number of nitrogens with one attached hydrogen (secondary N) is 1. The van der Waals surface area contributed by atoms with E-state index >= 15 is 0 Å². The first-order valence-corrected chi connectivity index (χ1v) is 12.2. The third-order valence-electron chi connectivity index (χ3n) is 6.45. The topological polar surface area (TPSA) is 63.4 Å². The van der Waals surface area contributed by atoms with Crippen molar-refractivity contribution in [3.63, 3.8) is 0 Å². The molecule has 34 heavy (non-hydrogen) atoms. The molecule has 178 valence electrons. The first-order chi connectivity index (χ1) is 16.4. The van der Waals surface area contributed by atoms with E-state index in [9.17, 15) is 0 Å². The van der Waals surface area contributed by atoms with E-state index in [1.54, 1.807) is 7.11 Å². The minimum Gasteiger partial charge on any atom is -0.497 e. The van der Waals surface area contributed by atoms with Crippen LogP contribution in [0.25, 0.3) is 17.0 Å². The van der Waals surface area contributed by atoms with E-state index in [1.165, 1.54) is 11.1 Å². The van der Waals surface area contributed by atoms with Crippen LogP contribution in [0.1, 0.15) is 61.7 Å². The van der Waals surface area contributed by atoms with Gasteiger partial charge in [-0.05, 0) is 80.4 Å². The molecule has 1 unspecified atom stereocenters. The fraction of sp³-hybridized carbons (Fsp3) is 0.370. The lowest BCUT2D eigenvalue weighted by Crippen LogP contribution is -2.46. The van der Waals surface area contributed by atoms with Gasteiger partial charge in [-0.2, -0.15) is 4.98 Å². The fourth-order valence-corrected chi connectivity index (χ4v) is 4.58. The Morgan fingerprint density at radius 3 is 2.50 bits per heavy atom. The van der Waals surface area contributed by atoms with Crippen molar-refractivity contribution in [3.8, 4) is 17.1 Å². The van der Waals surface area contributed by atoms with E-state index in [1.807, 2.05) is 24.3 Å². The number of ether oxygens (including phenoxy) is 1. The minimum atomic E-state index is -0.168. The maximum absolute atomic E-state index is 5.84. The SMILES string of the molecule is CCCCCN1C(=S)NC(c2ccc(C)c(C)c2)C(c2nc(-c3ccc(OC)cc3)no2)=C1C. The molecule has 0 saturated carbocycles. The van der Waals surface area contributed by atoms with Crippen LogP contribution < -0.4 is 10.1 Å². The highest BCUT2D eigenvalue weighted by Crippen LogP contribution is 2.38. The molecule has 0 bridgehead atoms. The predicted octanol–water partition coefficient (Wildman–Crippen LogP) is 6.21. The Morgan fingerprint density at radius 1 is 1.06 bits per heavy atom. The first kappa shape index (κ1) is 24.0. The number of aryl methyl sites for hydroxylation is 2. The van der Waals surface area contributed by atoms with Crippen molar-refractivity contribution in [2.45, 2.75) is 53.0 Å². The molecule has 1 aliphatic rings. The lowest BCUT2D eigenvalue weighted by atomic mass is 9.92. The Morgan fingerprint density at radius 2 is 1.82 bits per heavy atom. The van der Waals surface area contributed by atoms with Crippen molar-refractivity contribution >= 4 is 22.9 Å². The summed E-state index contributed by atoms with van der Waals surface area (Å²) in [6, 6.07) is 14.0. The van der Waals surface area contributed by atoms with Gasteiger partial charge >= 0.3 is 0 Å². The predicted molar refractivity (Wildman–Crippen MR) is 140 cm³/mol. The second-order valence-corrected chi connectivity index (χ2v) is 9.12. The number of rotatable bonds is 8. The summed E-state index contributed by atoms with van der Waals surface area (Å²) in [5.74, 6) is 1.83. The fourth-order valence-electron chi connectivity index (χ4n) is 4.23. The Kier molecular flexibility index (Phi) is 7.32. The molecule has 1 aliphatic heterocycles. The molecular weight excluding hydrogens is 444 g/mol. The number of allylic oxidation sites excluding steroid dienone is 1. The molecule has 0 aliphatic carbocycles. The lowest BCUT2D eigenvalue weighted by molar-refractivity contribution is 0.395. The largest absolute Gasteiger partial charge is 0.497 e. The highest BCUT2D eigenvalue weighted by atomic mass is 32.1. The summed E-state index contributed by atoms with van der Waals surface area (Å²) in [4.78, 5) is 6.96. The number of nitrogens with zero attached hydrogens (tertiary/aromatic N) is 3. The molecule has 2 heterocycles. The highest BCUT2D eigenvalue weighted by molar-refractivity contribution is 7.80. The van der Waals surface area contributed by atoms with E-state index in [2.05, 4.69) is 61.3 Å². The average Bonchev–Trinajstić information content (AvgIpc) is 3.32. The zero-order valence-electron chi connectivity index (χ0n) is 20.5.